The van der Waals surface area contributed by atoms with Crippen LogP contribution in [0, 0.1) is 0 Å². The lowest BCUT2D eigenvalue weighted by Gasteiger charge is -2.32. The van der Waals surface area contributed by atoms with Crippen molar-refractivity contribution in [2.24, 2.45) is 0 Å². The molecule has 3 aromatic rings. The number of hydrogen-bond acceptors (Lipinski definition) is 5. The number of nitrogens with one attached hydrogen (secondary N) is 1. The first-order valence-corrected chi connectivity index (χ1v) is 13.8. The second kappa shape index (κ2) is 12.6. The maximum absolute atomic E-state index is 13.8. The lowest BCUT2D eigenvalue weighted by Crippen LogP contribution is -2.50. The van der Waals surface area contributed by atoms with Crippen molar-refractivity contribution in [3.63, 3.8) is 0 Å². The van der Waals surface area contributed by atoms with Crippen molar-refractivity contribution in [1.29, 1.82) is 0 Å². The molecule has 2 amide bonds. The normalized spacial score (nSPS) is 12.1. The molecule has 3 rings (SSSR count). The van der Waals surface area contributed by atoms with E-state index in [1.54, 1.807) is 68.6 Å². The van der Waals surface area contributed by atoms with Gasteiger partial charge in [-0.2, -0.15) is 0 Å². The fraction of sp³-hybridized carbons (Fsp3) is 0.310. The van der Waals surface area contributed by atoms with Gasteiger partial charge in [-0.15, -0.1) is 0 Å². The Kier molecular flexibility index (Phi) is 9.52. The summed E-state index contributed by atoms with van der Waals surface area (Å²) in [5.41, 5.74) is 2.18. The van der Waals surface area contributed by atoms with E-state index in [9.17, 15) is 18.0 Å². The van der Waals surface area contributed by atoms with Gasteiger partial charge in [0.15, 0.2) is 0 Å². The van der Waals surface area contributed by atoms with E-state index in [-0.39, 0.29) is 23.3 Å². The number of carbonyl (C=O) groups excluding carboxylic acids is 2. The van der Waals surface area contributed by atoms with E-state index in [0.717, 1.165) is 15.4 Å². The van der Waals surface area contributed by atoms with Crippen LogP contribution in [-0.4, -0.2) is 51.9 Å². The fourth-order valence-electron chi connectivity index (χ4n) is 3.99. The Hall–Kier alpha value is -3.85. The molecule has 0 heterocycles. The highest BCUT2D eigenvalue weighted by Crippen LogP contribution is 2.26. The predicted octanol–water partition coefficient (Wildman–Crippen LogP) is 4.18. The van der Waals surface area contributed by atoms with Gasteiger partial charge < -0.3 is 15.0 Å². The number of carbonyl (C=O) groups is 2. The van der Waals surface area contributed by atoms with E-state index in [0.29, 0.717) is 11.4 Å². The topological polar surface area (TPSA) is 96.0 Å². The van der Waals surface area contributed by atoms with Crippen LogP contribution >= 0.6 is 0 Å². The lowest BCUT2D eigenvalue weighted by molar-refractivity contribution is -0.139. The Labute approximate surface area is 225 Å². The third-order valence-electron chi connectivity index (χ3n) is 6.38. The minimum Gasteiger partial charge on any atom is -0.497 e. The third-order valence-corrected chi connectivity index (χ3v) is 8.17. The van der Waals surface area contributed by atoms with Crippen LogP contribution in [-0.2, 0) is 26.2 Å². The Morgan fingerprint density at radius 2 is 1.50 bits per heavy atom. The van der Waals surface area contributed by atoms with Crippen LogP contribution in [0.5, 0.6) is 5.75 Å². The molecule has 38 heavy (non-hydrogen) atoms. The van der Waals surface area contributed by atoms with E-state index >= 15 is 0 Å². The smallest absolute Gasteiger partial charge is 0.264 e. The highest BCUT2D eigenvalue weighted by molar-refractivity contribution is 7.92. The molecule has 202 valence electrons. The van der Waals surface area contributed by atoms with Gasteiger partial charge in [-0.1, -0.05) is 56.3 Å². The van der Waals surface area contributed by atoms with Gasteiger partial charge in [0.25, 0.3) is 10.0 Å². The molecular weight excluding hydrogens is 502 g/mol. The highest BCUT2D eigenvalue weighted by atomic mass is 32.2. The highest BCUT2D eigenvalue weighted by Gasteiger charge is 2.32. The van der Waals surface area contributed by atoms with E-state index in [1.165, 1.54) is 24.1 Å². The summed E-state index contributed by atoms with van der Waals surface area (Å²) in [5.74, 6) is 0.0594. The summed E-state index contributed by atoms with van der Waals surface area (Å²) in [6.07, 6.45) is 0. The molecule has 3 aromatic carbocycles. The molecule has 0 saturated carbocycles. The molecule has 0 saturated heterocycles. The van der Waals surface area contributed by atoms with Crippen LogP contribution in [0.2, 0.25) is 0 Å². The molecule has 8 nitrogen and oxygen atoms in total. The molecule has 0 radical (unpaired) electrons. The molecule has 0 aromatic heterocycles. The first kappa shape index (κ1) is 28.7. The molecular formula is C29H35N3O5S. The average molecular weight is 538 g/mol. The number of nitrogens with zero attached hydrogens (tertiary/aromatic N) is 2. The number of hydrogen-bond donors (Lipinski definition) is 1. The summed E-state index contributed by atoms with van der Waals surface area (Å²) in [4.78, 5) is 27.8. The zero-order valence-corrected chi connectivity index (χ0v) is 23.2. The molecule has 0 bridgehead atoms. The number of likely N-dealkylation sites (N-methyl/N-ethyl adjacent to an activating group) is 1. The van der Waals surface area contributed by atoms with Crippen molar-refractivity contribution >= 4 is 27.5 Å². The first-order chi connectivity index (χ1) is 18.1. The van der Waals surface area contributed by atoms with Gasteiger partial charge in [0.2, 0.25) is 11.8 Å². The molecule has 0 fully saturated rings. The molecule has 0 unspecified atom stereocenters. The van der Waals surface area contributed by atoms with Crippen LogP contribution in [0.1, 0.15) is 37.8 Å². The van der Waals surface area contributed by atoms with E-state index < -0.39 is 28.5 Å². The molecule has 9 heteroatoms. The summed E-state index contributed by atoms with van der Waals surface area (Å²) in [7, 11) is -1.02. The number of rotatable bonds is 11. The van der Waals surface area contributed by atoms with Crippen LogP contribution in [0.3, 0.4) is 0 Å². The standard InChI is InChI=1S/C29H35N3O5S/c1-21(2)24-13-15-25(16-14-24)32(38(35,36)27-9-7-6-8-10-27)20-28(33)31(22(3)29(34)30-4)19-23-11-17-26(37-5)18-12-23/h6-18,21-22H,19-20H2,1-5H3,(H,30,34)/t22-/m0/s1. The second-order valence-corrected chi connectivity index (χ2v) is 11.1. The monoisotopic (exact) mass is 537 g/mol. The Bertz CT molecular complexity index is 1320. The summed E-state index contributed by atoms with van der Waals surface area (Å²) in [6.45, 7) is 5.36. The van der Waals surface area contributed by atoms with Gasteiger partial charge in [0.1, 0.15) is 18.3 Å². The largest absolute Gasteiger partial charge is 0.497 e. The molecule has 0 aliphatic rings. The zero-order chi connectivity index (χ0) is 27.9. The molecule has 1 atom stereocenters. The maximum atomic E-state index is 13.8. The molecule has 1 N–H and O–H groups in total. The van der Waals surface area contributed by atoms with E-state index in [4.69, 9.17) is 4.74 Å². The quantitative estimate of drug-likeness (QED) is 0.396. The minimum absolute atomic E-state index is 0.0711. The summed E-state index contributed by atoms with van der Waals surface area (Å²) in [6, 6.07) is 21.4. The summed E-state index contributed by atoms with van der Waals surface area (Å²) >= 11 is 0. The number of sulfonamides is 1. The SMILES string of the molecule is CNC(=O)[C@H](C)N(Cc1ccc(OC)cc1)C(=O)CN(c1ccc(C(C)C)cc1)S(=O)(=O)c1ccccc1. The van der Waals surface area contributed by atoms with Gasteiger partial charge in [-0.3, -0.25) is 13.9 Å². The average Bonchev–Trinajstić information content (AvgIpc) is 2.94. The van der Waals surface area contributed by atoms with Crippen molar-refractivity contribution in [1.82, 2.24) is 10.2 Å². The summed E-state index contributed by atoms with van der Waals surface area (Å²) in [5, 5.41) is 2.58. The van der Waals surface area contributed by atoms with Crippen LogP contribution < -0.4 is 14.4 Å². The van der Waals surface area contributed by atoms with Crippen molar-refractivity contribution in [3.05, 3.63) is 90.0 Å². The van der Waals surface area contributed by atoms with Gasteiger partial charge >= 0.3 is 0 Å². The third kappa shape index (κ3) is 6.72. The minimum atomic E-state index is -4.08. The van der Waals surface area contributed by atoms with Gasteiger partial charge in [-0.25, -0.2) is 8.42 Å². The summed E-state index contributed by atoms with van der Waals surface area (Å²) < 4.78 is 33.8. The molecule has 0 spiro atoms. The Balaban J connectivity index is 2.01. The van der Waals surface area contributed by atoms with Crippen LogP contribution in [0.4, 0.5) is 5.69 Å². The Morgan fingerprint density at radius 3 is 2.03 bits per heavy atom. The predicted molar refractivity (Wildman–Crippen MR) is 149 cm³/mol. The van der Waals surface area contributed by atoms with Gasteiger partial charge in [0, 0.05) is 13.6 Å². The van der Waals surface area contributed by atoms with Gasteiger partial charge in [-0.05, 0) is 60.4 Å². The number of benzene rings is 3. The molecule has 0 aliphatic heterocycles. The lowest BCUT2D eigenvalue weighted by atomic mass is 10.0. The number of ether oxygens (including phenoxy) is 1. The van der Waals surface area contributed by atoms with Crippen LogP contribution in [0.15, 0.2) is 83.8 Å². The number of amides is 2. The van der Waals surface area contributed by atoms with Crippen molar-refractivity contribution in [2.45, 2.75) is 44.2 Å². The maximum Gasteiger partial charge on any atom is 0.264 e. The van der Waals surface area contributed by atoms with Crippen molar-refractivity contribution < 1.29 is 22.7 Å². The molecule has 0 aliphatic carbocycles. The van der Waals surface area contributed by atoms with Crippen molar-refractivity contribution in [3.8, 4) is 5.75 Å². The van der Waals surface area contributed by atoms with Gasteiger partial charge in [0.05, 0.1) is 17.7 Å². The first-order valence-electron chi connectivity index (χ1n) is 12.4. The fourth-order valence-corrected chi connectivity index (χ4v) is 5.43. The van der Waals surface area contributed by atoms with Crippen molar-refractivity contribution in [2.75, 3.05) is 25.0 Å². The Morgan fingerprint density at radius 1 is 0.895 bits per heavy atom. The van der Waals surface area contributed by atoms with Crippen LogP contribution in [0.25, 0.3) is 0 Å². The second-order valence-electron chi connectivity index (χ2n) is 9.23. The van der Waals surface area contributed by atoms with E-state index in [1.807, 2.05) is 26.0 Å². The number of anilines is 1. The number of methoxy groups -OCH3 is 1. The van der Waals surface area contributed by atoms with E-state index in [2.05, 4.69) is 5.32 Å². The zero-order valence-electron chi connectivity index (χ0n) is 22.4.